The van der Waals surface area contributed by atoms with Crippen molar-refractivity contribution in [2.24, 2.45) is 0 Å². The predicted octanol–water partition coefficient (Wildman–Crippen LogP) is 3.31. The van der Waals surface area contributed by atoms with Gasteiger partial charge < -0.3 is 9.84 Å². The number of hydrogen-bond donors (Lipinski definition) is 1. The van der Waals surface area contributed by atoms with Crippen LogP contribution in [0.3, 0.4) is 0 Å². The molecule has 0 spiro atoms. The minimum atomic E-state index is -1.02. The average Bonchev–Trinajstić information content (AvgIpc) is 2.41. The van der Waals surface area contributed by atoms with Gasteiger partial charge in [-0.25, -0.2) is 4.79 Å². The molecule has 1 aromatic carbocycles. The first-order chi connectivity index (χ1) is 9.42. The Morgan fingerprint density at radius 2 is 1.90 bits per heavy atom. The molecular weight excluding hydrogens is 256 g/mol. The standard InChI is InChI=1S/C16H20O4/c1-5-12(6-2)16(19)13-7-8-14(11(4)10(13)3)20-9-15(17)18/h5,7-8H,6,9H2,1-4H3,(H,17,18)/b12-5-. The second-order valence-electron chi connectivity index (χ2n) is 4.54. The van der Waals surface area contributed by atoms with E-state index in [-0.39, 0.29) is 12.4 Å². The summed E-state index contributed by atoms with van der Waals surface area (Å²) in [5.74, 6) is -0.509. The van der Waals surface area contributed by atoms with Gasteiger partial charge in [0.1, 0.15) is 5.75 Å². The van der Waals surface area contributed by atoms with Crippen LogP contribution in [0.5, 0.6) is 5.75 Å². The fourth-order valence-corrected chi connectivity index (χ4v) is 2.01. The number of Topliss-reactive ketones (excluding diaryl/α,β-unsaturated/α-hetero) is 1. The van der Waals surface area contributed by atoms with Gasteiger partial charge in [-0.1, -0.05) is 13.0 Å². The molecule has 0 aliphatic heterocycles. The van der Waals surface area contributed by atoms with Gasteiger partial charge in [-0.3, -0.25) is 4.79 Å². The third kappa shape index (κ3) is 3.47. The summed E-state index contributed by atoms with van der Waals surface area (Å²) in [6, 6.07) is 3.35. The van der Waals surface area contributed by atoms with Crippen molar-refractivity contribution in [2.75, 3.05) is 6.61 Å². The van der Waals surface area contributed by atoms with Crippen LogP contribution >= 0.6 is 0 Å². The summed E-state index contributed by atoms with van der Waals surface area (Å²) in [5, 5.41) is 8.63. The SMILES string of the molecule is C/C=C(/CC)C(=O)c1ccc(OCC(=O)O)c(C)c1C. The smallest absolute Gasteiger partial charge is 0.341 e. The van der Waals surface area contributed by atoms with Crippen molar-refractivity contribution in [2.45, 2.75) is 34.1 Å². The van der Waals surface area contributed by atoms with E-state index >= 15 is 0 Å². The first-order valence-electron chi connectivity index (χ1n) is 6.57. The van der Waals surface area contributed by atoms with E-state index in [0.29, 0.717) is 17.7 Å². The molecule has 0 saturated heterocycles. The molecule has 108 valence electrons. The number of hydrogen-bond acceptors (Lipinski definition) is 3. The third-order valence-corrected chi connectivity index (χ3v) is 3.35. The summed E-state index contributed by atoms with van der Waals surface area (Å²) in [6.45, 7) is 7.08. The molecule has 0 unspecified atom stereocenters. The summed E-state index contributed by atoms with van der Waals surface area (Å²) in [5.41, 5.74) is 3.03. The van der Waals surface area contributed by atoms with Crippen LogP contribution in [-0.4, -0.2) is 23.5 Å². The van der Waals surface area contributed by atoms with Gasteiger partial charge in [0, 0.05) is 5.56 Å². The Morgan fingerprint density at radius 1 is 1.25 bits per heavy atom. The zero-order chi connectivity index (χ0) is 15.3. The monoisotopic (exact) mass is 276 g/mol. The van der Waals surface area contributed by atoms with Gasteiger partial charge in [-0.2, -0.15) is 0 Å². The fourth-order valence-electron chi connectivity index (χ4n) is 2.01. The Kier molecular flexibility index (Phi) is 5.50. The Labute approximate surface area is 119 Å². The second kappa shape index (κ2) is 6.89. The number of ketones is 1. The van der Waals surface area contributed by atoms with E-state index in [2.05, 4.69) is 0 Å². The molecule has 1 aromatic rings. The number of carbonyl (C=O) groups is 2. The van der Waals surface area contributed by atoms with Crippen LogP contribution in [0.1, 0.15) is 41.8 Å². The molecule has 0 aromatic heterocycles. The van der Waals surface area contributed by atoms with Crippen LogP contribution in [0.25, 0.3) is 0 Å². The lowest BCUT2D eigenvalue weighted by Crippen LogP contribution is -2.12. The van der Waals surface area contributed by atoms with E-state index in [1.54, 1.807) is 12.1 Å². The highest BCUT2D eigenvalue weighted by molar-refractivity contribution is 6.09. The Hall–Kier alpha value is -2.10. The molecule has 1 N–H and O–H groups in total. The quantitative estimate of drug-likeness (QED) is 0.639. The van der Waals surface area contributed by atoms with Gasteiger partial charge in [0.2, 0.25) is 0 Å². The number of carboxylic acid groups (broad SMARTS) is 1. The highest BCUT2D eigenvalue weighted by Gasteiger charge is 2.16. The van der Waals surface area contributed by atoms with Gasteiger partial charge in [0.05, 0.1) is 0 Å². The Bertz CT molecular complexity index is 556. The minimum absolute atomic E-state index is 0.0142. The molecule has 0 saturated carbocycles. The molecule has 1 rings (SSSR count). The third-order valence-electron chi connectivity index (χ3n) is 3.35. The molecule has 0 aliphatic carbocycles. The maximum absolute atomic E-state index is 12.4. The molecule has 0 amide bonds. The highest BCUT2D eigenvalue weighted by Crippen LogP contribution is 2.26. The number of aliphatic carboxylic acids is 1. The van der Waals surface area contributed by atoms with E-state index in [9.17, 15) is 9.59 Å². The van der Waals surface area contributed by atoms with Crippen molar-refractivity contribution in [1.82, 2.24) is 0 Å². The topological polar surface area (TPSA) is 63.6 Å². The van der Waals surface area contributed by atoms with Gasteiger partial charge in [0.15, 0.2) is 12.4 Å². The highest BCUT2D eigenvalue weighted by atomic mass is 16.5. The zero-order valence-corrected chi connectivity index (χ0v) is 12.3. The van der Waals surface area contributed by atoms with Crippen LogP contribution in [0.2, 0.25) is 0 Å². The Morgan fingerprint density at radius 3 is 2.40 bits per heavy atom. The molecule has 0 bridgehead atoms. The van der Waals surface area contributed by atoms with E-state index in [1.165, 1.54) is 0 Å². The van der Waals surface area contributed by atoms with Crippen LogP contribution in [0.4, 0.5) is 0 Å². The number of carboxylic acids is 1. The minimum Gasteiger partial charge on any atom is -0.482 e. The normalized spacial score (nSPS) is 11.3. The lowest BCUT2D eigenvalue weighted by molar-refractivity contribution is -0.139. The predicted molar refractivity (Wildman–Crippen MR) is 77.4 cm³/mol. The van der Waals surface area contributed by atoms with E-state index in [4.69, 9.17) is 9.84 Å². The fraction of sp³-hybridized carbons (Fsp3) is 0.375. The second-order valence-corrected chi connectivity index (χ2v) is 4.54. The zero-order valence-electron chi connectivity index (χ0n) is 12.3. The van der Waals surface area contributed by atoms with Gasteiger partial charge in [-0.15, -0.1) is 0 Å². The van der Waals surface area contributed by atoms with Crippen molar-refractivity contribution < 1.29 is 19.4 Å². The largest absolute Gasteiger partial charge is 0.482 e. The van der Waals surface area contributed by atoms with Gasteiger partial charge in [0.25, 0.3) is 0 Å². The molecule has 0 radical (unpaired) electrons. The van der Waals surface area contributed by atoms with E-state index in [0.717, 1.165) is 16.7 Å². The van der Waals surface area contributed by atoms with E-state index < -0.39 is 5.97 Å². The van der Waals surface area contributed by atoms with Crippen molar-refractivity contribution in [3.05, 3.63) is 40.5 Å². The molecule has 0 aliphatic rings. The van der Waals surface area contributed by atoms with Crippen molar-refractivity contribution in [1.29, 1.82) is 0 Å². The average molecular weight is 276 g/mol. The molecule has 0 atom stereocenters. The first-order valence-corrected chi connectivity index (χ1v) is 6.57. The maximum atomic E-state index is 12.4. The number of ether oxygens (including phenoxy) is 1. The lowest BCUT2D eigenvalue weighted by Gasteiger charge is -2.13. The van der Waals surface area contributed by atoms with Gasteiger partial charge >= 0.3 is 5.97 Å². The number of carbonyl (C=O) groups excluding carboxylic acids is 1. The molecule has 0 fully saturated rings. The number of rotatable bonds is 6. The summed E-state index contributed by atoms with van der Waals surface area (Å²) in [6.07, 6.45) is 2.51. The van der Waals surface area contributed by atoms with Crippen LogP contribution in [0, 0.1) is 13.8 Å². The number of benzene rings is 1. The first kappa shape index (κ1) is 16.0. The summed E-state index contributed by atoms with van der Waals surface area (Å²) >= 11 is 0. The summed E-state index contributed by atoms with van der Waals surface area (Å²) in [4.78, 5) is 22.9. The Balaban J connectivity index is 3.11. The number of allylic oxidation sites excluding steroid dienone is 2. The lowest BCUT2D eigenvalue weighted by atomic mass is 9.94. The molecule has 4 nitrogen and oxygen atoms in total. The van der Waals surface area contributed by atoms with Crippen molar-refractivity contribution >= 4 is 11.8 Å². The molecule has 4 heteroatoms. The molecule has 20 heavy (non-hydrogen) atoms. The summed E-state index contributed by atoms with van der Waals surface area (Å²) in [7, 11) is 0. The molecule has 0 heterocycles. The van der Waals surface area contributed by atoms with Crippen LogP contribution in [0.15, 0.2) is 23.8 Å². The van der Waals surface area contributed by atoms with Crippen molar-refractivity contribution in [3.8, 4) is 5.75 Å². The molecular formula is C16H20O4. The summed E-state index contributed by atoms with van der Waals surface area (Å²) < 4.78 is 5.20. The van der Waals surface area contributed by atoms with Crippen molar-refractivity contribution in [3.63, 3.8) is 0 Å². The van der Waals surface area contributed by atoms with Gasteiger partial charge in [-0.05, 0) is 56.0 Å². The van der Waals surface area contributed by atoms with Crippen LogP contribution < -0.4 is 4.74 Å². The van der Waals surface area contributed by atoms with Crippen LogP contribution in [-0.2, 0) is 4.79 Å². The maximum Gasteiger partial charge on any atom is 0.341 e. The van der Waals surface area contributed by atoms with E-state index in [1.807, 2.05) is 33.8 Å².